The second-order valence-corrected chi connectivity index (χ2v) is 8.61. The highest BCUT2D eigenvalue weighted by molar-refractivity contribution is 6.35. The van der Waals surface area contributed by atoms with Gasteiger partial charge in [-0.2, -0.15) is 13.2 Å². The lowest BCUT2D eigenvalue weighted by atomic mass is 9.98. The summed E-state index contributed by atoms with van der Waals surface area (Å²) >= 11 is 6.26. The molecule has 5 rings (SSSR count). The summed E-state index contributed by atoms with van der Waals surface area (Å²) in [5.41, 5.74) is 0.668. The number of carbonyl (C=O) groups excluding carboxylic acids is 1. The normalized spacial score (nSPS) is 11.5. The van der Waals surface area contributed by atoms with Crippen molar-refractivity contribution in [2.75, 3.05) is 0 Å². The summed E-state index contributed by atoms with van der Waals surface area (Å²) in [6.45, 7) is -0.158. The Labute approximate surface area is 218 Å². The molecule has 0 aliphatic carbocycles. The van der Waals surface area contributed by atoms with Crippen LogP contribution in [0.5, 0.6) is 0 Å². The van der Waals surface area contributed by atoms with E-state index in [0.717, 1.165) is 12.1 Å². The van der Waals surface area contributed by atoms with Crippen LogP contribution >= 0.6 is 11.6 Å². The fourth-order valence-corrected chi connectivity index (χ4v) is 4.23. The Balaban J connectivity index is 1.65. The van der Waals surface area contributed by atoms with E-state index in [4.69, 9.17) is 11.6 Å². The van der Waals surface area contributed by atoms with Gasteiger partial charge in [-0.05, 0) is 54.1 Å². The van der Waals surface area contributed by atoms with Gasteiger partial charge in [0.25, 0.3) is 0 Å². The van der Waals surface area contributed by atoms with E-state index in [0.29, 0.717) is 11.3 Å². The number of benzene rings is 2. The van der Waals surface area contributed by atoms with Crippen LogP contribution in [0, 0.1) is 5.82 Å². The minimum atomic E-state index is -4.86. The van der Waals surface area contributed by atoms with E-state index in [1.807, 2.05) is 0 Å². The molecule has 3 heterocycles. The molecule has 190 valence electrons. The van der Waals surface area contributed by atoms with Crippen LogP contribution in [-0.2, 0) is 12.7 Å². The van der Waals surface area contributed by atoms with Gasteiger partial charge in [-0.15, -0.1) is 5.10 Å². The zero-order valence-corrected chi connectivity index (χ0v) is 20.1. The minimum Gasteiger partial charge on any atom is -0.288 e. The molecule has 11 heteroatoms. The zero-order chi connectivity index (χ0) is 26.9. The summed E-state index contributed by atoms with van der Waals surface area (Å²) in [4.78, 5) is 21.8. The number of carbonyl (C=O) groups is 1. The lowest BCUT2D eigenvalue weighted by molar-refractivity contribution is -0.140. The second kappa shape index (κ2) is 10.1. The zero-order valence-electron chi connectivity index (χ0n) is 19.3. The van der Waals surface area contributed by atoms with Crippen molar-refractivity contribution in [3.63, 3.8) is 0 Å². The summed E-state index contributed by atoms with van der Waals surface area (Å²) in [6.07, 6.45) is -0.304. The number of pyridine rings is 2. The molecule has 0 unspecified atom stereocenters. The molecule has 0 bridgehead atoms. The van der Waals surface area contributed by atoms with E-state index in [-0.39, 0.29) is 45.4 Å². The van der Waals surface area contributed by atoms with Crippen LogP contribution in [0.15, 0.2) is 85.3 Å². The van der Waals surface area contributed by atoms with Gasteiger partial charge >= 0.3 is 6.18 Å². The first-order valence-electron chi connectivity index (χ1n) is 11.2. The molecule has 0 N–H and O–H groups in total. The summed E-state index contributed by atoms with van der Waals surface area (Å²) in [5, 5.41) is 8.68. The van der Waals surface area contributed by atoms with E-state index in [2.05, 4.69) is 20.3 Å². The summed E-state index contributed by atoms with van der Waals surface area (Å²) < 4.78 is 55.1. The highest BCUT2D eigenvalue weighted by atomic mass is 35.5. The molecule has 0 saturated carbocycles. The molecule has 3 aromatic heterocycles. The van der Waals surface area contributed by atoms with Crippen molar-refractivity contribution in [3.05, 3.63) is 118 Å². The van der Waals surface area contributed by atoms with E-state index in [1.54, 1.807) is 48.5 Å². The van der Waals surface area contributed by atoms with Crippen LogP contribution in [0.2, 0.25) is 5.02 Å². The van der Waals surface area contributed by atoms with Crippen LogP contribution < -0.4 is 0 Å². The monoisotopic (exact) mass is 537 g/mol. The average molecular weight is 538 g/mol. The molecule has 0 amide bonds. The molecule has 0 spiro atoms. The van der Waals surface area contributed by atoms with Crippen LogP contribution in [0.25, 0.3) is 22.6 Å². The Hall–Kier alpha value is -4.44. The molecule has 0 aliphatic heterocycles. The summed E-state index contributed by atoms with van der Waals surface area (Å²) in [5.74, 6) is -1.76. The van der Waals surface area contributed by atoms with Crippen molar-refractivity contribution >= 4 is 17.4 Å². The van der Waals surface area contributed by atoms with Crippen LogP contribution in [0.1, 0.15) is 27.0 Å². The molecule has 38 heavy (non-hydrogen) atoms. The van der Waals surface area contributed by atoms with E-state index >= 15 is 0 Å². The third kappa shape index (κ3) is 4.90. The first kappa shape index (κ1) is 25.2. The highest BCUT2D eigenvalue weighted by Gasteiger charge is 2.34. The Morgan fingerprint density at radius 1 is 0.895 bits per heavy atom. The largest absolute Gasteiger partial charge is 0.419 e. The van der Waals surface area contributed by atoms with Gasteiger partial charge in [-0.3, -0.25) is 14.8 Å². The molecule has 5 aromatic rings. The van der Waals surface area contributed by atoms with E-state index in [9.17, 15) is 22.4 Å². The molecule has 0 radical (unpaired) electrons. The maximum Gasteiger partial charge on any atom is 0.419 e. The van der Waals surface area contributed by atoms with Gasteiger partial charge in [0.2, 0.25) is 0 Å². The van der Waals surface area contributed by atoms with Gasteiger partial charge in [-0.25, -0.2) is 9.07 Å². The maximum atomic E-state index is 13.9. The maximum absolute atomic E-state index is 13.9. The number of nitrogens with zero attached hydrogens (tertiary/aromatic N) is 5. The van der Waals surface area contributed by atoms with Crippen molar-refractivity contribution in [2.24, 2.45) is 0 Å². The van der Waals surface area contributed by atoms with E-state index in [1.165, 1.54) is 29.3 Å². The molecular formula is C27H16ClF4N5O. The number of hydrogen-bond donors (Lipinski definition) is 0. The lowest BCUT2D eigenvalue weighted by Gasteiger charge is -2.12. The molecule has 0 saturated heterocycles. The number of halogens is 5. The fourth-order valence-electron chi connectivity index (χ4n) is 4.01. The third-order valence-corrected chi connectivity index (χ3v) is 6.08. The smallest absolute Gasteiger partial charge is 0.288 e. The number of aromatic nitrogens is 5. The Morgan fingerprint density at radius 2 is 1.63 bits per heavy atom. The minimum absolute atomic E-state index is 0.152. The first-order valence-corrected chi connectivity index (χ1v) is 11.6. The SMILES string of the molecule is O=C(c1ccccc1Cl)c1cccnc1-c1nnn(Cc2ccc(F)c(C(F)(F)F)c2)c1-c1ccncc1. The second-order valence-electron chi connectivity index (χ2n) is 8.20. The third-order valence-electron chi connectivity index (χ3n) is 5.75. The van der Waals surface area contributed by atoms with Gasteiger partial charge in [0, 0.05) is 29.7 Å². The van der Waals surface area contributed by atoms with Crippen molar-refractivity contribution in [1.82, 2.24) is 25.0 Å². The Kier molecular flexibility index (Phi) is 6.73. The summed E-state index contributed by atoms with van der Waals surface area (Å²) in [6, 6.07) is 15.8. The van der Waals surface area contributed by atoms with Crippen LogP contribution in [0.4, 0.5) is 17.6 Å². The van der Waals surface area contributed by atoms with Crippen LogP contribution in [-0.4, -0.2) is 30.7 Å². The topological polar surface area (TPSA) is 73.6 Å². The molecular weight excluding hydrogens is 522 g/mol. The molecule has 0 fully saturated rings. The van der Waals surface area contributed by atoms with Crippen molar-refractivity contribution < 1.29 is 22.4 Å². The standard InChI is InChI=1S/C27H16ClF4N5O/c28-21-6-2-1-4-18(21)26(38)19-5-3-11-34-23(19)24-25(17-9-12-33-13-10-17)37(36-35-24)15-16-7-8-22(29)20(14-16)27(30,31)32/h1-14H,15H2. The molecule has 2 aromatic carbocycles. The molecule has 0 atom stereocenters. The van der Waals surface area contributed by atoms with E-state index < -0.39 is 17.6 Å². The predicted molar refractivity (Wildman–Crippen MR) is 132 cm³/mol. The molecule has 6 nitrogen and oxygen atoms in total. The van der Waals surface area contributed by atoms with Gasteiger partial charge < -0.3 is 0 Å². The average Bonchev–Trinajstić information content (AvgIpc) is 3.33. The predicted octanol–water partition coefficient (Wildman–Crippen LogP) is 6.49. The fraction of sp³-hybridized carbons (Fsp3) is 0.0741. The Morgan fingerprint density at radius 3 is 2.37 bits per heavy atom. The van der Waals surface area contributed by atoms with Crippen molar-refractivity contribution in [3.8, 4) is 22.6 Å². The molecule has 0 aliphatic rings. The van der Waals surface area contributed by atoms with Gasteiger partial charge in [0.15, 0.2) is 5.78 Å². The highest BCUT2D eigenvalue weighted by Crippen LogP contribution is 2.35. The number of alkyl halides is 3. The Bertz CT molecular complexity index is 1640. The van der Waals surface area contributed by atoms with Crippen molar-refractivity contribution in [2.45, 2.75) is 12.7 Å². The number of hydrogen-bond acceptors (Lipinski definition) is 5. The first-order chi connectivity index (χ1) is 18.2. The van der Waals surface area contributed by atoms with Gasteiger partial charge in [0.1, 0.15) is 17.2 Å². The summed E-state index contributed by atoms with van der Waals surface area (Å²) in [7, 11) is 0. The van der Waals surface area contributed by atoms with Gasteiger partial charge in [-0.1, -0.05) is 35.0 Å². The number of ketones is 1. The van der Waals surface area contributed by atoms with Gasteiger partial charge in [0.05, 0.1) is 28.4 Å². The van der Waals surface area contributed by atoms with Crippen LogP contribution in [0.3, 0.4) is 0 Å². The number of rotatable bonds is 6. The quantitative estimate of drug-likeness (QED) is 0.183. The van der Waals surface area contributed by atoms with Crippen molar-refractivity contribution in [1.29, 1.82) is 0 Å². The lowest BCUT2D eigenvalue weighted by Crippen LogP contribution is -2.11.